The van der Waals surface area contributed by atoms with Gasteiger partial charge in [-0.1, -0.05) is 103 Å². The number of furan rings is 2. The van der Waals surface area contributed by atoms with Crippen molar-refractivity contribution in [3.8, 4) is 16.8 Å². The lowest BCUT2D eigenvalue weighted by Gasteiger charge is -2.25. The third-order valence-electron chi connectivity index (χ3n) is 12.9. The van der Waals surface area contributed by atoms with E-state index in [0.717, 1.165) is 61.2 Å². The zero-order chi connectivity index (χ0) is 41.2. The number of hydrogen-bond acceptors (Lipinski definition) is 4. The number of hydrogen-bond donors (Lipinski definition) is 0. The number of anilines is 3. The number of aromatic nitrogens is 1. The van der Waals surface area contributed by atoms with Crippen molar-refractivity contribution in [3.05, 3.63) is 206 Å². The van der Waals surface area contributed by atoms with E-state index in [1.807, 2.05) is 29.5 Å². The Morgan fingerprint density at radius 3 is 1.81 bits per heavy atom. The summed E-state index contributed by atoms with van der Waals surface area (Å²) in [5.41, 5.74) is 12.8. The van der Waals surface area contributed by atoms with Crippen LogP contribution < -0.4 is 4.90 Å². The van der Waals surface area contributed by atoms with Gasteiger partial charge in [-0.2, -0.15) is 0 Å². The summed E-state index contributed by atoms with van der Waals surface area (Å²) in [6.07, 6.45) is 0. The quantitative estimate of drug-likeness (QED) is 0.173. The molecule has 0 aliphatic rings. The Labute approximate surface area is 364 Å². The summed E-state index contributed by atoms with van der Waals surface area (Å²) in [5, 5.41) is 11.9. The van der Waals surface area contributed by atoms with E-state index in [1.54, 1.807) is 0 Å². The molecule has 4 nitrogen and oxygen atoms in total. The maximum Gasteiger partial charge on any atom is 0.137 e. The van der Waals surface area contributed by atoms with Gasteiger partial charge in [0.2, 0.25) is 0 Å². The summed E-state index contributed by atoms with van der Waals surface area (Å²) in [6.45, 7) is 0. The molecule has 0 saturated carbocycles. The Hall–Kier alpha value is -8.12. The molecule has 5 heteroatoms. The van der Waals surface area contributed by atoms with Gasteiger partial charge in [0, 0.05) is 81.3 Å². The first-order valence-electron chi connectivity index (χ1n) is 21.3. The molecule has 0 fully saturated rings. The van der Waals surface area contributed by atoms with Crippen LogP contribution in [0.4, 0.5) is 17.1 Å². The van der Waals surface area contributed by atoms with Gasteiger partial charge in [-0.25, -0.2) is 0 Å². The van der Waals surface area contributed by atoms with Crippen LogP contribution >= 0.6 is 11.3 Å². The Bertz CT molecular complexity index is 4150. The highest BCUT2D eigenvalue weighted by molar-refractivity contribution is 7.25. The monoisotopic (exact) mass is 822 g/mol. The molecule has 0 radical (unpaired) electrons. The van der Waals surface area contributed by atoms with Crippen molar-refractivity contribution in [3.63, 3.8) is 0 Å². The van der Waals surface area contributed by atoms with Crippen LogP contribution in [0.2, 0.25) is 0 Å². The van der Waals surface area contributed by atoms with Gasteiger partial charge in [-0.3, -0.25) is 0 Å². The summed E-state index contributed by atoms with van der Waals surface area (Å²) in [7, 11) is 0. The third kappa shape index (κ3) is 5.21. The van der Waals surface area contributed by atoms with E-state index in [0.29, 0.717) is 0 Å². The van der Waals surface area contributed by atoms with Crippen LogP contribution in [0.1, 0.15) is 0 Å². The number of para-hydroxylation sites is 4. The number of rotatable bonds is 5. The summed E-state index contributed by atoms with van der Waals surface area (Å²) in [4.78, 5) is 2.33. The Balaban J connectivity index is 0.913. The predicted molar refractivity (Wildman–Crippen MR) is 266 cm³/mol. The molecule has 4 aromatic heterocycles. The Kier molecular flexibility index (Phi) is 7.24. The van der Waals surface area contributed by atoms with Crippen LogP contribution in [-0.2, 0) is 0 Å². The fourth-order valence-corrected chi connectivity index (χ4v) is 11.2. The molecule has 0 spiro atoms. The van der Waals surface area contributed by atoms with Gasteiger partial charge in [-0.15, -0.1) is 11.3 Å². The lowest BCUT2D eigenvalue weighted by Crippen LogP contribution is -2.09. The molecule has 10 aromatic carbocycles. The highest BCUT2D eigenvalue weighted by Gasteiger charge is 2.20. The summed E-state index contributed by atoms with van der Waals surface area (Å²) in [5.74, 6) is 0. The van der Waals surface area contributed by atoms with Gasteiger partial charge in [0.05, 0.1) is 11.0 Å². The highest BCUT2D eigenvalue weighted by Crippen LogP contribution is 2.45. The minimum Gasteiger partial charge on any atom is -0.456 e. The summed E-state index contributed by atoms with van der Waals surface area (Å²) < 4.78 is 17.6. The van der Waals surface area contributed by atoms with E-state index < -0.39 is 0 Å². The van der Waals surface area contributed by atoms with E-state index >= 15 is 0 Å². The molecule has 0 N–H and O–H groups in total. The molecular weight excluding hydrogens is 789 g/mol. The van der Waals surface area contributed by atoms with Crippen molar-refractivity contribution in [2.45, 2.75) is 0 Å². The molecule has 14 aromatic rings. The summed E-state index contributed by atoms with van der Waals surface area (Å²) in [6, 6.07) is 74.3. The number of benzene rings is 10. The van der Waals surface area contributed by atoms with Crippen LogP contribution in [0.3, 0.4) is 0 Å². The van der Waals surface area contributed by atoms with Crippen molar-refractivity contribution in [2.75, 3.05) is 4.90 Å². The molecule has 0 unspecified atom stereocenters. The van der Waals surface area contributed by atoms with E-state index in [9.17, 15) is 0 Å². The maximum absolute atomic E-state index is 6.35. The largest absolute Gasteiger partial charge is 0.456 e. The minimum absolute atomic E-state index is 0.880. The molecule has 0 aliphatic heterocycles. The molecule has 0 saturated heterocycles. The van der Waals surface area contributed by atoms with Gasteiger partial charge in [0.25, 0.3) is 0 Å². The Morgan fingerprint density at radius 1 is 0.349 bits per heavy atom. The van der Waals surface area contributed by atoms with E-state index in [4.69, 9.17) is 8.83 Å². The van der Waals surface area contributed by atoms with Crippen molar-refractivity contribution < 1.29 is 8.83 Å². The molecule has 4 heterocycles. The number of fused-ring (bicyclic) bond motifs is 14. The zero-order valence-corrected chi connectivity index (χ0v) is 34.6. The van der Waals surface area contributed by atoms with Gasteiger partial charge in [0.15, 0.2) is 0 Å². The van der Waals surface area contributed by atoms with Crippen LogP contribution in [-0.4, -0.2) is 4.57 Å². The molecule has 14 rings (SSSR count). The lowest BCUT2D eigenvalue weighted by atomic mass is 9.99. The molecule has 294 valence electrons. The second-order valence-electron chi connectivity index (χ2n) is 16.5. The molecule has 0 atom stereocenters. The first-order valence-corrected chi connectivity index (χ1v) is 22.1. The maximum atomic E-state index is 6.35. The SMILES string of the molecule is c1ccc(N(c2ccc3c(c2)oc2ccccc23)c2ccc3c(c2)sc2cc(-c4ccc5c(c4)c4cc6c(ccc7oc8ccccc8c76)cc4n5-c4ccccc4)ccc23)cc1. The van der Waals surface area contributed by atoms with E-state index in [2.05, 4.69) is 198 Å². The highest BCUT2D eigenvalue weighted by atomic mass is 32.1. The van der Waals surface area contributed by atoms with Crippen LogP contribution in [0.15, 0.2) is 215 Å². The van der Waals surface area contributed by atoms with Gasteiger partial charge >= 0.3 is 0 Å². The van der Waals surface area contributed by atoms with E-state index in [1.165, 1.54) is 69.3 Å². The average Bonchev–Trinajstić information content (AvgIpc) is 4.09. The van der Waals surface area contributed by atoms with Crippen molar-refractivity contribution in [2.24, 2.45) is 0 Å². The van der Waals surface area contributed by atoms with Crippen LogP contribution in [0.25, 0.3) is 113 Å². The van der Waals surface area contributed by atoms with Crippen molar-refractivity contribution in [1.29, 1.82) is 0 Å². The first-order chi connectivity index (χ1) is 31.2. The fourth-order valence-electron chi connectivity index (χ4n) is 10.1. The summed E-state index contributed by atoms with van der Waals surface area (Å²) >= 11 is 1.85. The number of thiophene rings is 1. The molecule has 63 heavy (non-hydrogen) atoms. The van der Waals surface area contributed by atoms with Crippen LogP contribution in [0, 0.1) is 0 Å². The fraction of sp³-hybridized carbons (Fsp3) is 0. The number of nitrogens with zero attached hydrogens (tertiary/aromatic N) is 2. The second-order valence-corrected chi connectivity index (χ2v) is 17.6. The van der Waals surface area contributed by atoms with Gasteiger partial charge in [-0.05, 0) is 119 Å². The topological polar surface area (TPSA) is 34.5 Å². The normalized spacial score (nSPS) is 12.1. The van der Waals surface area contributed by atoms with Crippen molar-refractivity contribution >= 4 is 125 Å². The van der Waals surface area contributed by atoms with Gasteiger partial charge in [0.1, 0.15) is 22.3 Å². The van der Waals surface area contributed by atoms with Gasteiger partial charge < -0.3 is 18.3 Å². The second kappa shape index (κ2) is 13.2. The predicted octanol–water partition coefficient (Wildman–Crippen LogP) is 17.2. The molecule has 0 bridgehead atoms. The molecule has 0 aliphatic carbocycles. The van der Waals surface area contributed by atoms with Crippen LogP contribution in [0.5, 0.6) is 0 Å². The van der Waals surface area contributed by atoms with E-state index in [-0.39, 0.29) is 0 Å². The van der Waals surface area contributed by atoms with Crippen molar-refractivity contribution in [1.82, 2.24) is 4.57 Å². The smallest absolute Gasteiger partial charge is 0.137 e. The minimum atomic E-state index is 0.880. The molecule has 0 amide bonds. The third-order valence-corrected chi connectivity index (χ3v) is 14.1. The average molecular weight is 823 g/mol. The first kappa shape index (κ1) is 34.6. The Morgan fingerprint density at radius 2 is 0.968 bits per heavy atom. The molecular formula is C58H34N2O2S. The standard InChI is InChI=1S/C58H34N2O2S/c1-3-11-38(12-4-1)59(40-22-25-43-42-15-7-9-17-52(42)62-55(43)32-40)41-23-26-45-44-24-19-36(31-56(44)63-57(45)33-41)35-20-27-50-48(29-35)49-34-47-37(30-51(49)60(50)39-13-5-2-6-14-39)21-28-54-58(47)46-16-8-10-18-53(46)61-54/h1-34H. The zero-order valence-electron chi connectivity index (χ0n) is 33.7. The lowest BCUT2D eigenvalue weighted by molar-refractivity contribution is 0.668.